The van der Waals surface area contributed by atoms with Crippen molar-refractivity contribution in [3.63, 3.8) is 0 Å². The van der Waals surface area contributed by atoms with Gasteiger partial charge in [-0.3, -0.25) is 9.59 Å². The van der Waals surface area contributed by atoms with Gasteiger partial charge in [0.1, 0.15) is 5.82 Å². The van der Waals surface area contributed by atoms with Crippen LogP contribution in [-0.4, -0.2) is 45.3 Å². The fourth-order valence-corrected chi connectivity index (χ4v) is 5.63. The molecule has 0 aliphatic heterocycles. The summed E-state index contributed by atoms with van der Waals surface area (Å²) in [4.78, 5) is 31.0. The van der Waals surface area contributed by atoms with Crippen LogP contribution in [-0.2, 0) is 22.7 Å². The molecule has 1 aromatic carbocycles. The predicted octanol–water partition coefficient (Wildman–Crippen LogP) is 7.72. The third kappa shape index (κ3) is 10.5. The first-order chi connectivity index (χ1) is 19.0. The number of carbonyl (C=O) groups excluding carboxylic acids is 2. The Morgan fingerprint density at radius 2 is 1.56 bits per heavy atom. The summed E-state index contributed by atoms with van der Waals surface area (Å²) < 4.78 is 15.6. The molecule has 0 N–H and O–H groups in total. The second kappa shape index (κ2) is 17.1. The van der Waals surface area contributed by atoms with Gasteiger partial charge in [0.05, 0.1) is 13.1 Å². The van der Waals surface area contributed by atoms with E-state index in [1.54, 1.807) is 0 Å². The minimum Gasteiger partial charge on any atom is -0.345 e. The molecule has 5 nitrogen and oxygen atoms in total. The second-order valence-electron chi connectivity index (χ2n) is 11.3. The zero-order valence-corrected chi connectivity index (χ0v) is 24.4. The highest BCUT2D eigenvalue weighted by Gasteiger charge is 2.28. The lowest BCUT2D eigenvalue weighted by atomic mass is 9.94. The van der Waals surface area contributed by atoms with Gasteiger partial charge in [-0.25, -0.2) is 4.39 Å². The molecule has 1 aliphatic rings. The molecule has 0 saturated heterocycles. The largest absolute Gasteiger partial charge is 0.345 e. The van der Waals surface area contributed by atoms with Crippen molar-refractivity contribution in [2.24, 2.45) is 0 Å². The van der Waals surface area contributed by atoms with E-state index in [9.17, 15) is 14.0 Å². The van der Waals surface area contributed by atoms with Crippen LogP contribution >= 0.6 is 0 Å². The maximum absolute atomic E-state index is 13.9. The quantitative estimate of drug-likeness (QED) is 0.193. The summed E-state index contributed by atoms with van der Waals surface area (Å²) in [5.41, 5.74) is 2.09. The Labute approximate surface area is 235 Å². The van der Waals surface area contributed by atoms with Crippen molar-refractivity contribution in [1.29, 1.82) is 0 Å². The summed E-state index contributed by atoms with van der Waals surface area (Å²) in [7, 11) is 0. The first-order valence-corrected chi connectivity index (χ1v) is 15.5. The third-order valence-corrected chi connectivity index (χ3v) is 8.06. The molecule has 1 heterocycles. The highest BCUT2D eigenvalue weighted by Crippen LogP contribution is 2.25. The smallest absolute Gasteiger partial charge is 0.242 e. The highest BCUT2D eigenvalue weighted by molar-refractivity contribution is 5.85. The predicted molar refractivity (Wildman–Crippen MR) is 157 cm³/mol. The van der Waals surface area contributed by atoms with E-state index in [2.05, 4.69) is 24.5 Å². The van der Waals surface area contributed by atoms with E-state index in [0.29, 0.717) is 26.1 Å². The van der Waals surface area contributed by atoms with Crippen LogP contribution in [0.25, 0.3) is 0 Å². The molecule has 0 atom stereocenters. The van der Waals surface area contributed by atoms with Crippen molar-refractivity contribution < 1.29 is 14.0 Å². The Balaban J connectivity index is 1.68. The van der Waals surface area contributed by atoms with Crippen LogP contribution in [0.1, 0.15) is 115 Å². The van der Waals surface area contributed by atoms with Crippen molar-refractivity contribution in [3.8, 4) is 0 Å². The minimum atomic E-state index is -0.237. The molecule has 2 aromatic rings. The number of nitrogens with zero attached hydrogens (tertiary/aromatic N) is 3. The molecule has 2 amide bonds. The number of unbranched alkanes of at least 4 members (excludes halogenated alkanes) is 6. The van der Waals surface area contributed by atoms with E-state index in [1.807, 2.05) is 34.2 Å². The summed E-state index contributed by atoms with van der Waals surface area (Å²) >= 11 is 0. The van der Waals surface area contributed by atoms with Gasteiger partial charge in [-0.1, -0.05) is 83.8 Å². The number of hydrogen-bond acceptors (Lipinski definition) is 2. The first kappa shape index (κ1) is 30.9. The summed E-state index contributed by atoms with van der Waals surface area (Å²) in [6.07, 6.45) is 16.9. The molecule has 3 rings (SSSR count). The van der Waals surface area contributed by atoms with Gasteiger partial charge in [-0.15, -0.1) is 0 Å². The van der Waals surface area contributed by atoms with E-state index in [4.69, 9.17) is 0 Å². The number of hydrogen-bond donors (Lipinski definition) is 0. The van der Waals surface area contributed by atoms with Crippen LogP contribution in [0.3, 0.4) is 0 Å². The average molecular weight is 540 g/mol. The topological polar surface area (TPSA) is 45.6 Å². The maximum Gasteiger partial charge on any atom is 0.242 e. The van der Waals surface area contributed by atoms with Gasteiger partial charge in [0.25, 0.3) is 0 Å². The standard InChI is InChI=1S/C33H50FN3O2/c1-3-5-7-8-9-13-18-32(38)36(23-6-4-2)27-33(39)37(30-15-11-10-12-16-30)26-31-17-14-24-35(31)25-28-19-21-29(34)22-20-28/h14,17,19-22,24,30H,3-13,15-16,18,23,25-27H2,1-2H3. The molecular formula is C33H50FN3O2. The number of benzene rings is 1. The SMILES string of the molecule is CCCCCCCCC(=O)N(CCCC)CC(=O)N(Cc1cccn1Cc1ccc(F)cc1)C1CCCCC1. The lowest BCUT2D eigenvalue weighted by Crippen LogP contribution is -2.47. The lowest BCUT2D eigenvalue weighted by molar-refractivity contribution is -0.143. The van der Waals surface area contributed by atoms with E-state index >= 15 is 0 Å². The van der Waals surface area contributed by atoms with Crippen LogP contribution in [0, 0.1) is 5.82 Å². The highest BCUT2D eigenvalue weighted by atomic mass is 19.1. The van der Waals surface area contributed by atoms with Gasteiger partial charge in [0.2, 0.25) is 11.8 Å². The zero-order chi connectivity index (χ0) is 27.9. The molecule has 1 fully saturated rings. The summed E-state index contributed by atoms with van der Waals surface area (Å²) in [5.74, 6) is -0.0568. The maximum atomic E-state index is 13.9. The molecule has 39 heavy (non-hydrogen) atoms. The molecule has 1 aliphatic carbocycles. The summed E-state index contributed by atoms with van der Waals surface area (Å²) in [6, 6.07) is 10.9. The van der Waals surface area contributed by atoms with E-state index in [0.717, 1.165) is 62.6 Å². The van der Waals surface area contributed by atoms with Crippen LogP contribution < -0.4 is 0 Å². The minimum absolute atomic E-state index is 0.0591. The molecule has 1 aromatic heterocycles. The van der Waals surface area contributed by atoms with Gasteiger partial charge in [0.15, 0.2) is 0 Å². The molecular weight excluding hydrogens is 489 g/mol. The molecule has 0 spiro atoms. The van der Waals surface area contributed by atoms with Crippen LogP contribution in [0.15, 0.2) is 42.6 Å². The van der Waals surface area contributed by atoms with Gasteiger partial charge in [-0.2, -0.15) is 0 Å². The van der Waals surface area contributed by atoms with Crippen molar-refractivity contribution in [2.75, 3.05) is 13.1 Å². The van der Waals surface area contributed by atoms with E-state index < -0.39 is 0 Å². The normalized spacial score (nSPS) is 13.9. The molecule has 0 unspecified atom stereocenters. The van der Waals surface area contributed by atoms with Gasteiger partial charge >= 0.3 is 0 Å². The molecule has 216 valence electrons. The van der Waals surface area contributed by atoms with Crippen LogP contribution in [0.2, 0.25) is 0 Å². The number of rotatable bonds is 17. The van der Waals surface area contributed by atoms with Crippen LogP contribution in [0.5, 0.6) is 0 Å². The Morgan fingerprint density at radius 1 is 0.872 bits per heavy atom. The number of carbonyl (C=O) groups is 2. The van der Waals surface area contributed by atoms with Gasteiger partial charge in [0, 0.05) is 37.4 Å². The summed E-state index contributed by atoms with van der Waals surface area (Å²) in [6.45, 7) is 6.33. The Hall–Kier alpha value is -2.63. The monoisotopic (exact) mass is 539 g/mol. The second-order valence-corrected chi connectivity index (χ2v) is 11.3. The van der Waals surface area contributed by atoms with Crippen molar-refractivity contribution in [2.45, 2.75) is 123 Å². The number of halogens is 1. The van der Waals surface area contributed by atoms with Crippen molar-refractivity contribution in [1.82, 2.24) is 14.4 Å². The Morgan fingerprint density at radius 3 is 2.28 bits per heavy atom. The van der Waals surface area contributed by atoms with E-state index in [1.165, 1.54) is 44.2 Å². The van der Waals surface area contributed by atoms with Crippen LogP contribution in [0.4, 0.5) is 4.39 Å². The molecule has 1 saturated carbocycles. The lowest BCUT2D eigenvalue weighted by Gasteiger charge is -2.36. The Kier molecular flexibility index (Phi) is 13.6. The molecule has 0 bridgehead atoms. The molecule has 6 heteroatoms. The van der Waals surface area contributed by atoms with Crippen molar-refractivity contribution >= 4 is 11.8 Å². The number of amides is 2. The number of aromatic nitrogens is 1. The average Bonchev–Trinajstić information content (AvgIpc) is 3.39. The zero-order valence-electron chi connectivity index (χ0n) is 24.4. The first-order valence-electron chi connectivity index (χ1n) is 15.5. The van der Waals surface area contributed by atoms with Gasteiger partial charge < -0.3 is 14.4 Å². The van der Waals surface area contributed by atoms with Gasteiger partial charge in [-0.05, 0) is 55.5 Å². The molecule has 0 radical (unpaired) electrons. The summed E-state index contributed by atoms with van der Waals surface area (Å²) in [5, 5.41) is 0. The fraction of sp³-hybridized carbons (Fsp3) is 0.636. The van der Waals surface area contributed by atoms with Crippen molar-refractivity contribution in [3.05, 3.63) is 59.7 Å². The third-order valence-electron chi connectivity index (χ3n) is 8.06. The Bertz CT molecular complexity index is 981. The fourth-order valence-electron chi connectivity index (χ4n) is 5.63. The van der Waals surface area contributed by atoms with E-state index in [-0.39, 0.29) is 30.2 Å².